The third-order valence-corrected chi connectivity index (χ3v) is 3.58. The largest absolute Gasteiger partial charge is 0.478 e. The van der Waals surface area contributed by atoms with Gasteiger partial charge in [-0.05, 0) is 29.8 Å². The fourth-order valence-corrected chi connectivity index (χ4v) is 2.38. The van der Waals surface area contributed by atoms with Crippen LogP contribution in [0.25, 0.3) is 0 Å². The Labute approximate surface area is 140 Å². The van der Waals surface area contributed by atoms with E-state index in [2.05, 4.69) is 5.32 Å². The molecule has 6 nitrogen and oxygen atoms in total. The molecule has 1 amide bonds. The van der Waals surface area contributed by atoms with Crippen molar-refractivity contribution in [1.29, 1.82) is 0 Å². The van der Waals surface area contributed by atoms with E-state index in [9.17, 15) is 9.59 Å². The van der Waals surface area contributed by atoms with Crippen LogP contribution in [0.3, 0.4) is 0 Å². The number of hydrogen-bond donors (Lipinski definition) is 2. The van der Waals surface area contributed by atoms with Crippen molar-refractivity contribution in [3.8, 4) is 0 Å². The van der Waals surface area contributed by atoms with Gasteiger partial charge >= 0.3 is 5.97 Å². The molecule has 0 spiro atoms. The smallest absolute Gasteiger partial charge is 0.335 e. The number of benzene rings is 1. The first-order valence-corrected chi connectivity index (χ1v) is 7.72. The summed E-state index contributed by atoms with van der Waals surface area (Å²) in [6, 6.07) is 9.65. The third kappa shape index (κ3) is 4.70. The molecule has 1 atom stereocenters. The van der Waals surface area contributed by atoms with Gasteiger partial charge in [-0.15, -0.1) is 0 Å². The Morgan fingerprint density at radius 1 is 1.29 bits per heavy atom. The van der Waals surface area contributed by atoms with E-state index in [0.29, 0.717) is 11.3 Å². The molecule has 0 aliphatic rings. The molecule has 1 unspecified atom stereocenters. The predicted molar refractivity (Wildman–Crippen MR) is 88.0 cm³/mol. The molecule has 0 fully saturated rings. The molecule has 0 aliphatic carbocycles. The number of nitrogens with one attached hydrogen (secondary N) is 1. The fourth-order valence-electron chi connectivity index (χ4n) is 2.38. The zero-order chi connectivity index (χ0) is 17.5. The van der Waals surface area contributed by atoms with E-state index in [-0.39, 0.29) is 30.5 Å². The summed E-state index contributed by atoms with van der Waals surface area (Å²) in [5.41, 5.74) is 0.796. The van der Waals surface area contributed by atoms with Gasteiger partial charge in [-0.3, -0.25) is 4.79 Å². The number of aryl methyl sites for hydroxylation is 1. The van der Waals surface area contributed by atoms with Gasteiger partial charge in [0.2, 0.25) is 5.91 Å². The van der Waals surface area contributed by atoms with Crippen molar-refractivity contribution < 1.29 is 23.8 Å². The van der Waals surface area contributed by atoms with Gasteiger partial charge in [-0.2, -0.15) is 0 Å². The molecule has 1 heterocycles. The SMILES string of the molecule is CCc1ccc(C(COC)NC(=O)Cc2cccc(C(=O)O)c2)o1. The maximum Gasteiger partial charge on any atom is 0.335 e. The first kappa shape index (κ1) is 17.7. The van der Waals surface area contributed by atoms with Crippen LogP contribution in [-0.2, 0) is 22.4 Å². The molecular formula is C18H21NO5. The van der Waals surface area contributed by atoms with Gasteiger partial charge in [-0.25, -0.2) is 4.79 Å². The normalized spacial score (nSPS) is 11.9. The molecule has 2 rings (SSSR count). The van der Waals surface area contributed by atoms with Crippen LogP contribution in [-0.4, -0.2) is 30.7 Å². The number of amides is 1. The lowest BCUT2D eigenvalue weighted by Gasteiger charge is -2.16. The predicted octanol–water partition coefficient (Wildman–Crippen LogP) is 2.59. The summed E-state index contributed by atoms with van der Waals surface area (Å²) < 4.78 is 10.8. The Morgan fingerprint density at radius 2 is 2.08 bits per heavy atom. The van der Waals surface area contributed by atoms with Crippen LogP contribution in [0, 0.1) is 0 Å². The molecule has 1 aromatic carbocycles. The number of carbonyl (C=O) groups excluding carboxylic acids is 1. The van der Waals surface area contributed by atoms with Gasteiger partial charge < -0.3 is 19.6 Å². The van der Waals surface area contributed by atoms with Gasteiger partial charge in [0, 0.05) is 13.5 Å². The summed E-state index contributed by atoms with van der Waals surface area (Å²) in [7, 11) is 1.55. The van der Waals surface area contributed by atoms with E-state index >= 15 is 0 Å². The van der Waals surface area contributed by atoms with Crippen LogP contribution in [0.5, 0.6) is 0 Å². The quantitative estimate of drug-likeness (QED) is 0.776. The maximum atomic E-state index is 12.3. The molecule has 128 valence electrons. The van der Waals surface area contributed by atoms with Crippen LogP contribution >= 0.6 is 0 Å². The van der Waals surface area contributed by atoms with Gasteiger partial charge in [0.25, 0.3) is 0 Å². The molecule has 6 heteroatoms. The average Bonchev–Trinajstić information content (AvgIpc) is 3.03. The van der Waals surface area contributed by atoms with Crippen molar-refractivity contribution in [2.75, 3.05) is 13.7 Å². The van der Waals surface area contributed by atoms with Crippen LogP contribution in [0.1, 0.15) is 40.4 Å². The summed E-state index contributed by atoms with van der Waals surface area (Å²) in [6.45, 7) is 2.28. The molecule has 24 heavy (non-hydrogen) atoms. The van der Waals surface area contributed by atoms with Gasteiger partial charge in [-0.1, -0.05) is 19.1 Å². The number of carbonyl (C=O) groups is 2. The van der Waals surface area contributed by atoms with Crippen LogP contribution in [0.15, 0.2) is 40.8 Å². The molecule has 2 N–H and O–H groups in total. The van der Waals surface area contributed by atoms with E-state index in [0.717, 1.165) is 12.2 Å². The van der Waals surface area contributed by atoms with Crippen molar-refractivity contribution >= 4 is 11.9 Å². The zero-order valence-electron chi connectivity index (χ0n) is 13.7. The second kappa shape index (κ2) is 8.31. The Bertz CT molecular complexity index is 707. The topological polar surface area (TPSA) is 88.8 Å². The van der Waals surface area contributed by atoms with Crippen molar-refractivity contribution in [3.63, 3.8) is 0 Å². The first-order valence-electron chi connectivity index (χ1n) is 7.72. The lowest BCUT2D eigenvalue weighted by Crippen LogP contribution is -2.32. The number of methoxy groups -OCH3 is 1. The molecule has 1 aromatic heterocycles. The molecule has 2 aromatic rings. The Hall–Kier alpha value is -2.60. The number of rotatable bonds is 8. The van der Waals surface area contributed by atoms with Crippen LogP contribution in [0.2, 0.25) is 0 Å². The summed E-state index contributed by atoms with van der Waals surface area (Å²) in [5.74, 6) is 0.238. The first-order chi connectivity index (χ1) is 11.5. The molecule has 0 saturated heterocycles. The second-order valence-electron chi connectivity index (χ2n) is 5.42. The second-order valence-corrected chi connectivity index (χ2v) is 5.42. The third-order valence-electron chi connectivity index (χ3n) is 3.58. The Kier molecular flexibility index (Phi) is 6.14. The van der Waals surface area contributed by atoms with E-state index in [1.165, 1.54) is 12.1 Å². The maximum absolute atomic E-state index is 12.3. The highest BCUT2D eigenvalue weighted by Crippen LogP contribution is 2.18. The highest BCUT2D eigenvalue weighted by Gasteiger charge is 2.18. The number of aromatic carboxylic acids is 1. The number of ether oxygens (including phenoxy) is 1. The zero-order valence-corrected chi connectivity index (χ0v) is 13.7. The lowest BCUT2D eigenvalue weighted by atomic mass is 10.1. The minimum atomic E-state index is -1.02. The van der Waals surface area contributed by atoms with Crippen molar-refractivity contribution in [2.24, 2.45) is 0 Å². The molecule has 0 radical (unpaired) electrons. The van der Waals surface area contributed by atoms with Gasteiger partial charge in [0.05, 0.1) is 18.6 Å². The Morgan fingerprint density at radius 3 is 2.71 bits per heavy atom. The molecule has 0 bridgehead atoms. The summed E-state index contributed by atoms with van der Waals surface area (Å²) in [5, 5.41) is 11.9. The van der Waals surface area contributed by atoms with Crippen molar-refractivity contribution in [2.45, 2.75) is 25.8 Å². The summed E-state index contributed by atoms with van der Waals surface area (Å²) in [4.78, 5) is 23.3. The Balaban J connectivity index is 2.05. The lowest BCUT2D eigenvalue weighted by molar-refractivity contribution is -0.121. The number of carboxylic acid groups (broad SMARTS) is 1. The summed E-state index contributed by atoms with van der Waals surface area (Å²) >= 11 is 0. The molecule has 0 aliphatic heterocycles. The number of hydrogen-bond acceptors (Lipinski definition) is 4. The standard InChI is InChI=1S/C18H21NO5/c1-3-14-7-8-16(24-14)15(11-23-2)19-17(20)10-12-5-4-6-13(9-12)18(21)22/h4-9,15H,3,10-11H2,1-2H3,(H,19,20)(H,21,22). The number of carboxylic acids is 1. The van der Waals surface area contributed by atoms with E-state index < -0.39 is 5.97 Å². The van der Waals surface area contributed by atoms with E-state index in [1.54, 1.807) is 19.2 Å². The highest BCUT2D eigenvalue weighted by atomic mass is 16.5. The highest BCUT2D eigenvalue weighted by molar-refractivity contribution is 5.88. The van der Waals surface area contributed by atoms with Crippen LogP contribution < -0.4 is 5.32 Å². The average molecular weight is 331 g/mol. The number of furan rings is 1. The summed E-state index contributed by atoms with van der Waals surface area (Å²) in [6.07, 6.45) is 0.859. The fraction of sp³-hybridized carbons (Fsp3) is 0.333. The minimum absolute atomic E-state index is 0.0860. The van der Waals surface area contributed by atoms with E-state index in [4.69, 9.17) is 14.3 Å². The van der Waals surface area contributed by atoms with Crippen molar-refractivity contribution in [3.05, 3.63) is 59.0 Å². The van der Waals surface area contributed by atoms with Crippen molar-refractivity contribution in [1.82, 2.24) is 5.32 Å². The molecule has 0 saturated carbocycles. The van der Waals surface area contributed by atoms with E-state index in [1.807, 2.05) is 19.1 Å². The van der Waals surface area contributed by atoms with Crippen LogP contribution in [0.4, 0.5) is 0 Å². The van der Waals surface area contributed by atoms with Gasteiger partial charge in [0.15, 0.2) is 0 Å². The monoisotopic (exact) mass is 331 g/mol. The minimum Gasteiger partial charge on any atom is -0.478 e. The molecular weight excluding hydrogens is 310 g/mol. The van der Waals surface area contributed by atoms with Gasteiger partial charge in [0.1, 0.15) is 17.6 Å².